The van der Waals surface area contributed by atoms with Gasteiger partial charge in [0.1, 0.15) is 10.7 Å². The molecular formula is C10H15N5S2. The average molecular weight is 269 g/mol. The van der Waals surface area contributed by atoms with Crippen LogP contribution in [0.4, 0.5) is 0 Å². The van der Waals surface area contributed by atoms with E-state index in [1.807, 2.05) is 5.38 Å². The molecule has 0 radical (unpaired) electrons. The van der Waals surface area contributed by atoms with Gasteiger partial charge in [0.15, 0.2) is 5.01 Å². The van der Waals surface area contributed by atoms with Crippen molar-refractivity contribution in [3.63, 3.8) is 0 Å². The highest BCUT2D eigenvalue weighted by Gasteiger charge is 2.08. The van der Waals surface area contributed by atoms with Gasteiger partial charge in [-0.15, -0.1) is 15.3 Å². The van der Waals surface area contributed by atoms with Crippen molar-refractivity contribution < 1.29 is 0 Å². The van der Waals surface area contributed by atoms with Crippen molar-refractivity contribution in [2.24, 2.45) is 5.92 Å². The Morgan fingerprint density at radius 2 is 2.18 bits per heavy atom. The summed E-state index contributed by atoms with van der Waals surface area (Å²) in [5.41, 5.74) is 0.828. The lowest BCUT2D eigenvalue weighted by Gasteiger charge is -2.04. The van der Waals surface area contributed by atoms with Crippen LogP contribution in [0.15, 0.2) is 5.38 Å². The molecule has 2 heterocycles. The fourth-order valence-corrected chi connectivity index (χ4v) is 2.61. The van der Waals surface area contributed by atoms with E-state index in [0.717, 1.165) is 35.2 Å². The molecular weight excluding hydrogens is 254 g/mol. The quantitative estimate of drug-likeness (QED) is 0.811. The second kappa shape index (κ2) is 6.13. The highest BCUT2D eigenvalue weighted by molar-refractivity contribution is 7.15. The van der Waals surface area contributed by atoms with Gasteiger partial charge in [-0.25, -0.2) is 0 Å². The minimum Gasteiger partial charge on any atom is -0.316 e. The monoisotopic (exact) mass is 269 g/mol. The van der Waals surface area contributed by atoms with Crippen LogP contribution in [0.5, 0.6) is 0 Å². The minimum atomic E-state index is 0.682. The molecule has 0 amide bonds. The molecule has 7 heteroatoms. The van der Waals surface area contributed by atoms with Crippen LogP contribution in [0.25, 0.3) is 10.7 Å². The second-order valence-electron chi connectivity index (χ2n) is 4.14. The normalized spacial score (nSPS) is 11.2. The van der Waals surface area contributed by atoms with Gasteiger partial charge in [-0.2, -0.15) is 0 Å². The van der Waals surface area contributed by atoms with Crippen LogP contribution in [-0.2, 0) is 6.42 Å². The van der Waals surface area contributed by atoms with E-state index in [1.54, 1.807) is 11.3 Å². The van der Waals surface area contributed by atoms with Crippen LogP contribution in [0.3, 0.4) is 0 Å². The van der Waals surface area contributed by atoms with E-state index < -0.39 is 0 Å². The standard InChI is InChI=1S/C10H15N5S2/c1-7(2)5-11-4-3-9-13-14-10(17-9)8-6-16-15-12-8/h6-7,11H,3-5H2,1-2H3. The third-order valence-corrected chi connectivity index (χ3v) is 3.62. The molecule has 2 aromatic heterocycles. The molecule has 0 aromatic carbocycles. The molecule has 0 spiro atoms. The Morgan fingerprint density at radius 3 is 2.88 bits per heavy atom. The Labute approximate surface area is 108 Å². The van der Waals surface area contributed by atoms with Gasteiger partial charge in [-0.3, -0.25) is 0 Å². The van der Waals surface area contributed by atoms with Crippen molar-refractivity contribution >= 4 is 22.9 Å². The summed E-state index contributed by atoms with van der Waals surface area (Å²) in [5.74, 6) is 0.682. The van der Waals surface area contributed by atoms with Crippen molar-refractivity contribution in [1.82, 2.24) is 25.1 Å². The highest BCUT2D eigenvalue weighted by atomic mass is 32.1. The van der Waals surface area contributed by atoms with Gasteiger partial charge in [-0.05, 0) is 24.0 Å². The first-order chi connectivity index (χ1) is 8.25. The predicted octanol–water partition coefficient (Wildman–Crippen LogP) is 1.84. The molecule has 0 fully saturated rings. The Bertz CT molecular complexity index is 437. The lowest BCUT2D eigenvalue weighted by Crippen LogP contribution is -2.22. The van der Waals surface area contributed by atoms with Crippen LogP contribution >= 0.6 is 22.9 Å². The zero-order valence-electron chi connectivity index (χ0n) is 9.88. The maximum atomic E-state index is 4.15. The summed E-state index contributed by atoms with van der Waals surface area (Å²) in [7, 11) is 0. The van der Waals surface area contributed by atoms with E-state index in [-0.39, 0.29) is 0 Å². The third-order valence-electron chi connectivity index (χ3n) is 2.11. The fourth-order valence-electron chi connectivity index (χ4n) is 1.30. The van der Waals surface area contributed by atoms with E-state index in [1.165, 1.54) is 11.5 Å². The molecule has 0 atom stereocenters. The largest absolute Gasteiger partial charge is 0.316 e. The van der Waals surface area contributed by atoms with Crippen molar-refractivity contribution in [1.29, 1.82) is 0 Å². The Kier molecular flexibility index (Phi) is 4.52. The Hall–Kier alpha value is -0.920. The van der Waals surface area contributed by atoms with Gasteiger partial charge in [0.2, 0.25) is 0 Å². The summed E-state index contributed by atoms with van der Waals surface area (Å²) in [6.45, 7) is 6.39. The lowest BCUT2D eigenvalue weighted by molar-refractivity contribution is 0.553. The number of rotatable bonds is 6. The lowest BCUT2D eigenvalue weighted by atomic mass is 10.2. The molecule has 0 aliphatic heterocycles. The summed E-state index contributed by atoms with van der Waals surface area (Å²) in [6.07, 6.45) is 0.919. The molecule has 0 bridgehead atoms. The molecule has 2 aromatic rings. The van der Waals surface area contributed by atoms with Crippen molar-refractivity contribution in [3.05, 3.63) is 10.4 Å². The van der Waals surface area contributed by atoms with Crippen LogP contribution in [0.2, 0.25) is 0 Å². The highest BCUT2D eigenvalue weighted by Crippen LogP contribution is 2.21. The molecule has 92 valence electrons. The summed E-state index contributed by atoms with van der Waals surface area (Å²) < 4.78 is 3.82. The zero-order chi connectivity index (χ0) is 12.1. The zero-order valence-corrected chi connectivity index (χ0v) is 11.5. The van der Waals surface area contributed by atoms with E-state index >= 15 is 0 Å². The Balaban J connectivity index is 1.83. The van der Waals surface area contributed by atoms with Gasteiger partial charge < -0.3 is 5.32 Å². The van der Waals surface area contributed by atoms with E-state index in [0.29, 0.717) is 5.92 Å². The Morgan fingerprint density at radius 1 is 1.29 bits per heavy atom. The number of hydrogen-bond acceptors (Lipinski definition) is 7. The first kappa shape index (κ1) is 12.5. The molecule has 5 nitrogen and oxygen atoms in total. The first-order valence-corrected chi connectivity index (χ1v) is 7.21. The molecule has 2 rings (SSSR count). The van der Waals surface area contributed by atoms with Gasteiger partial charge in [0.25, 0.3) is 0 Å². The van der Waals surface area contributed by atoms with Gasteiger partial charge in [-0.1, -0.05) is 29.7 Å². The molecule has 17 heavy (non-hydrogen) atoms. The summed E-state index contributed by atoms with van der Waals surface area (Å²) in [6, 6.07) is 0. The maximum absolute atomic E-state index is 4.15. The van der Waals surface area contributed by atoms with Crippen molar-refractivity contribution in [2.75, 3.05) is 13.1 Å². The van der Waals surface area contributed by atoms with Crippen molar-refractivity contribution in [2.45, 2.75) is 20.3 Å². The molecule has 0 aliphatic rings. The van der Waals surface area contributed by atoms with E-state index in [4.69, 9.17) is 0 Å². The topological polar surface area (TPSA) is 63.6 Å². The van der Waals surface area contributed by atoms with Gasteiger partial charge in [0.05, 0.1) is 0 Å². The number of hydrogen-bond donors (Lipinski definition) is 1. The van der Waals surface area contributed by atoms with Crippen molar-refractivity contribution in [3.8, 4) is 10.7 Å². The van der Waals surface area contributed by atoms with Crippen LogP contribution in [0.1, 0.15) is 18.9 Å². The second-order valence-corrected chi connectivity index (χ2v) is 5.81. The smallest absolute Gasteiger partial charge is 0.169 e. The fraction of sp³-hybridized carbons (Fsp3) is 0.600. The SMILES string of the molecule is CC(C)CNCCc1nnc(-c2csnn2)s1. The van der Waals surface area contributed by atoms with Crippen LogP contribution in [0, 0.1) is 5.92 Å². The van der Waals surface area contributed by atoms with Gasteiger partial charge in [0, 0.05) is 18.3 Å². The number of nitrogens with one attached hydrogen (secondary N) is 1. The summed E-state index contributed by atoms with van der Waals surface area (Å²) in [5, 5.41) is 19.4. The average Bonchev–Trinajstić information content (AvgIpc) is 2.94. The van der Waals surface area contributed by atoms with Gasteiger partial charge >= 0.3 is 0 Å². The summed E-state index contributed by atoms with van der Waals surface area (Å²) >= 11 is 2.93. The molecule has 0 unspecified atom stereocenters. The van der Waals surface area contributed by atoms with Crippen LogP contribution in [-0.4, -0.2) is 32.9 Å². The molecule has 1 N–H and O–H groups in total. The molecule has 0 aliphatic carbocycles. The number of aromatic nitrogens is 4. The molecule has 0 saturated heterocycles. The van der Waals surface area contributed by atoms with E-state index in [9.17, 15) is 0 Å². The summed E-state index contributed by atoms with van der Waals surface area (Å²) in [4.78, 5) is 0. The third kappa shape index (κ3) is 3.79. The van der Waals surface area contributed by atoms with E-state index in [2.05, 4.69) is 38.9 Å². The predicted molar refractivity (Wildman–Crippen MR) is 70.2 cm³/mol. The number of nitrogens with zero attached hydrogens (tertiary/aromatic N) is 4. The van der Waals surface area contributed by atoms with Crippen LogP contribution < -0.4 is 5.32 Å². The maximum Gasteiger partial charge on any atom is 0.169 e. The first-order valence-electron chi connectivity index (χ1n) is 5.56. The minimum absolute atomic E-state index is 0.682. The molecule has 0 saturated carbocycles.